The summed E-state index contributed by atoms with van der Waals surface area (Å²) < 4.78 is 5.39. The number of esters is 1. The second kappa shape index (κ2) is 7.00. The standard InChI is InChI=1S/C19H28O4/c1-12-5-6-14-7-8-16(18(22)19(14,3)4)23-17(21)11-13(2)10-15(20)9-12/h11,14-16,20H,1,5-10H2,2-4H3. The molecule has 1 saturated carbocycles. The molecule has 4 nitrogen and oxygen atoms in total. The number of carbonyl (C=O) groups excluding carboxylic acids is 2. The summed E-state index contributed by atoms with van der Waals surface area (Å²) in [4.78, 5) is 24.7. The average Bonchev–Trinajstić information content (AvgIpc) is 2.41. The molecule has 0 aromatic heterocycles. The van der Waals surface area contributed by atoms with Crippen LogP contribution in [-0.4, -0.2) is 29.1 Å². The fraction of sp³-hybridized carbons (Fsp3) is 0.684. The molecule has 4 heteroatoms. The van der Waals surface area contributed by atoms with Crippen molar-refractivity contribution in [3.05, 3.63) is 23.8 Å². The van der Waals surface area contributed by atoms with Crippen molar-refractivity contribution in [3.8, 4) is 0 Å². The highest BCUT2D eigenvalue weighted by Crippen LogP contribution is 2.42. The average molecular weight is 320 g/mol. The molecule has 2 aliphatic heterocycles. The maximum atomic E-state index is 12.7. The lowest BCUT2D eigenvalue weighted by Gasteiger charge is -2.40. The number of rotatable bonds is 0. The van der Waals surface area contributed by atoms with Gasteiger partial charge in [-0.25, -0.2) is 4.79 Å². The number of hydrogen-bond donors (Lipinski definition) is 1. The topological polar surface area (TPSA) is 63.6 Å². The van der Waals surface area contributed by atoms with E-state index < -0.39 is 23.6 Å². The van der Waals surface area contributed by atoms with E-state index in [2.05, 4.69) is 6.58 Å². The zero-order valence-corrected chi connectivity index (χ0v) is 14.4. The minimum Gasteiger partial charge on any atom is -0.451 e. The molecule has 0 amide bonds. The van der Waals surface area contributed by atoms with Crippen molar-refractivity contribution in [2.45, 2.75) is 71.5 Å². The Balaban J connectivity index is 2.26. The van der Waals surface area contributed by atoms with E-state index in [0.29, 0.717) is 19.3 Å². The first kappa shape index (κ1) is 17.9. The number of fused-ring (bicyclic) bond motifs is 10. The Kier molecular flexibility index (Phi) is 5.45. The zero-order chi connectivity index (χ0) is 17.2. The van der Waals surface area contributed by atoms with Crippen molar-refractivity contribution in [1.29, 1.82) is 0 Å². The van der Waals surface area contributed by atoms with Gasteiger partial charge in [0.15, 0.2) is 11.9 Å². The van der Waals surface area contributed by atoms with E-state index in [-0.39, 0.29) is 11.7 Å². The quantitative estimate of drug-likeness (QED) is 0.549. The summed E-state index contributed by atoms with van der Waals surface area (Å²) in [5.41, 5.74) is 1.27. The minimum atomic E-state index is -0.645. The van der Waals surface area contributed by atoms with Gasteiger partial charge in [-0.3, -0.25) is 4.79 Å². The Bertz CT molecular complexity index is 529. The molecule has 3 aliphatic rings. The highest BCUT2D eigenvalue weighted by molar-refractivity contribution is 5.92. The maximum Gasteiger partial charge on any atom is 0.331 e. The van der Waals surface area contributed by atoms with E-state index in [1.807, 2.05) is 13.8 Å². The number of aliphatic hydroxyl groups is 1. The SMILES string of the molecule is C=C1CCC2CCC(OC(=O)C=C(C)CC(O)C1)C(=O)C2(C)C. The van der Waals surface area contributed by atoms with Crippen molar-refractivity contribution < 1.29 is 19.4 Å². The molecule has 23 heavy (non-hydrogen) atoms. The van der Waals surface area contributed by atoms with E-state index >= 15 is 0 Å². The summed E-state index contributed by atoms with van der Waals surface area (Å²) in [5.74, 6) is -0.201. The molecule has 0 radical (unpaired) electrons. The van der Waals surface area contributed by atoms with Crippen molar-refractivity contribution in [3.63, 3.8) is 0 Å². The first-order valence-corrected chi connectivity index (χ1v) is 8.47. The number of carbonyl (C=O) groups is 2. The van der Waals surface area contributed by atoms with Crippen LogP contribution in [0.15, 0.2) is 23.8 Å². The fourth-order valence-corrected chi connectivity index (χ4v) is 3.77. The van der Waals surface area contributed by atoms with Gasteiger partial charge in [-0.05, 0) is 51.4 Å². The van der Waals surface area contributed by atoms with Crippen LogP contribution in [0.3, 0.4) is 0 Å². The molecular formula is C19H28O4. The largest absolute Gasteiger partial charge is 0.451 e. The zero-order valence-electron chi connectivity index (χ0n) is 14.4. The van der Waals surface area contributed by atoms with Crippen molar-refractivity contribution in [1.82, 2.24) is 0 Å². The number of ether oxygens (including phenoxy) is 1. The van der Waals surface area contributed by atoms with Crippen LogP contribution in [0.5, 0.6) is 0 Å². The molecule has 0 saturated heterocycles. The summed E-state index contributed by atoms with van der Waals surface area (Å²) in [6, 6.07) is 0. The predicted molar refractivity (Wildman–Crippen MR) is 88.8 cm³/mol. The van der Waals surface area contributed by atoms with Gasteiger partial charge in [0.05, 0.1) is 6.10 Å². The van der Waals surface area contributed by atoms with Gasteiger partial charge in [-0.1, -0.05) is 31.6 Å². The van der Waals surface area contributed by atoms with E-state index in [1.165, 1.54) is 6.08 Å². The van der Waals surface area contributed by atoms with Crippen LogP contribution in [0.25, 0.3) is 0 Å². The van der Waals surface area contributed by atoms with E-state index in [0.717, 1.165) is 30.4 Å². The number of hydrogen-bond acceptors (Lipinski definition) is 4. The second-order valence-electron chi connectivity index (χ2n) is 7.63. The lowest BCUT2D eigenvalue weighted by molar-refractivity contribution is -0.160. The smallest absolute Gasteiger partial charge is 0.331 e. The van der Waals surface area contributed by atoms with Crippen LogP contribution in [0, 0.1) is 11.3 Å². The van der Waals surface area contributed by atoms with E-state index in [4.69, 9.17) is 4.74 Å². The highest BCUT2D eigenvalue weighted by Gasteiger charge is 2.45. The summed E-state index contributed by atoms with van der Waals surface area (Å²) >= 11 is 0. The molecule has 3 unspecified atom stereocenters. The van der Waals surface area contributed by atoms with E-state index in [9.17, 15) is 14.7 Å². The third-order valence-corrected chi connectivity index (χ3v) is 5.28. The van der Waals surface area contributed by atoms with Crippen LogP contribution in [0.1, 0.15) is 59.3 Å². The number of aliphatic hydroxyl groups excluding tert-OH is 1. The fourth-order valence-electron chi connectivity index (χ4n) is 3.77. The van der Waals surface area contributed by atoms with Gasteiger partial charge >= 0.3 is 5.97 Å². The van der Waals surface area contributed by atoms with Crippen LogP contribution >= 0.6 is 0 Å². The Labute approximate surface area is 138 Å². The highest BCUT2D eigenvalue weighted by atomic mass is 16.5. The summed E-state index contributed by atoms with van der Waals surface area (Å²) in [6.07, 6.45) is 4.35. The first-order chi connectivity index (χ1) is 10.7. The van der Waals surface area contributed by atoms with Gasteiger partial charge in [0.1, 0.15) is 0 Å². The van der Waals surface area contributed by atoms with Gasteiger partial charge in [-0.2, -0.15) is 0 Å². The molecular weight excluding hydrogens is 292 g/mol. The molecule has 128 valence electrons. The van der Waals surface area contributed by atoms with E-state index in [1.54, 1.807) is 6.92 Å². The van der Waals surface area contributed by atoms with Crippen LogP contribution in [-0.2, 0) is 14.3 Å². The molecule has 3 rings (SSSR count). The molecule has 0 aromatic rings. The third-order valence-electron chi connectivity index (χ3n) is 5.28. The Hall–Kier alpha value is -1.42. The summed E-state index contributed by atoms with van der Waals surface area (Å²) in [5, 5.41) is 10.1. The normalized spacial score (nSPS) is 33.0. The van der Waals surface area contributed by atoms with Crippen LogP contribution < -0.4 is 0 Å². The number of Topliss-reactive ketones (excluding diaryl/α,β-unsaturated/α-hetero) is 1. The molecule has 1 aliphatic carbocycles. The molecule has 2 bridgehead atoms. The lowest BCUT2D eigenvalue weighted by Crippen LogP contribution is -2.46. The molecule has 0 aromatic carbocycles. The van der Waals surface area contributed by atoms with Crippen LogP contribution in [0.4, 0.5) is 0 Å². The first-order valence-electron chi connectivity index (χ1n) is 8.47. The monoisotopic (exact) mass is 320 g/mol. The summed E-state index contributed by atoms with van der Waals surface area (Å²) in [7, 11) is 0. The second-order valence-corrected chi connectivity index (χ2v) is 7.63. The molecule has 2 heterocycles. The lowest BCUT2D eigenvalue weighted by atomic mass is 9.65. The minimum absolute atomic E-state index is 0.0239. The number of ketones is 1. The van der Waals surface area contributed by atoms with Crippen molar-refractivity contribution in [2.75, 3.05) is 0 Å². The Morgan fingerprint density at radius 1 is 1.22 bits per heavy atom. The molecule has 1 fully saturated rings. The Morgan fingerprint density at radius 2 is 1.91 bits per heavy atom. The van der Waals surface area contributed by atoms with Gasteiger partial charge in [0, 0.05) is 11.5 Å². The maximum absolute atomic E-state index is 12.7. The molecule has 3 atom stereocenters. The molecule has 1 N–H and O–H groups in total. The third kappa shape index (κ3) is 4.31. The van der Waals surface area contributed by atoms with Crippen molar-refractivity contribution in [2.24, 2.45) is 11.3 Å². The van der Waals surface area contributed by atoms with Gasteiger partial charge < -0.3 is 9.84 Å². The molecule has 0 spiro atoms. The van der Waals surface area contributed by atoms with Gasteiger partial charge in [0.25, 0.3) is 0 Å². The summed E-state index contributed by atoms with van der Waals surface area (Å²) in [6.45, 7) is 9.76. The van der Waals surface area contributed by atoms with Gasteiger partial charge in [0.2, 0.25) is 0 Å². The Morgan fingerprint density at radius 3 is 2.61 bits per heavy atom. The van der Waals surface area contributed by atoms with Crippen LogP contribution in [0.2, 0.25) is 0 Å². The predicted octanol–water partition coefficient (Wildman–Crippen LogP) is 3.34. The van der Waals surface area contributed by atoms with Gasteiger partial charge in [-0.15, -0.1) is 0 Å². The van der Waals surface area contributed by atoms with Crippen molar-refractivity contribution >= 4 is 11.8 Å².